The van der Waals surface area contributed by atoms with Crippen molar-refractivity contribution in [2.45, 2.75) is 27.7 Å². The van der Waals surface area contributed by atoms with E-state index in [2.05, 4.69) is 27.7 Å². The minimum Gasteiger partial charge on any atom is -0.0939 e. The molecule has 0 fully saturated rings. The maximum atomic E-state index is 4.97. The van der Waals surface area contributed by atoms with Crippen LogP contribution < -0.4 is 0 Å². The Bertz CT molecular complexity index is 69.0. The lowest BCUT2D eigenvalue weighted by Gasteiger charge is -2.20. The van der Waals surface area contributed by atoms with Crippen LogP contribution in [0.25, 0.3) is 0 Å². The van der Waals surface area contributed by atoms with E-state index in [-0.39, 0.29) is 0 Å². The van der Waals surface area contributed by atoms with Gasteiger partial charge in [0.1, 0.15) is 0 Å². The fourth-order valence-electron chi connectivity index (χ4n) is 0.809. The van der Waals surface area contributed by atoms with Crippen LogP contribution in [0.15, 0.2) is 0 Å². The molecule has 0 aromatic rings. The molecule has 0 aliphatic rings. The quantitative estimate of drug-likeness (QED) is 0.572. The summed E-state index contributed by atoms with van der Waals surface area (Å²) < 4.78 is 0. The molecule has 0 aliphatic carbocycles. The van der Waals surface area contributed by atoms with Crippen LogP contribution in [0.5, 0.6) is 0 Å². The molecular formula is C8H17S. The number of hydrogen-bond acceptors (Lipinski definition) is 0. The van der Waals surface area contributed by atoms with Gasteiger partial charge in [0.2, 0.25) is 0 Å². The molecule has 0 N–H and O–H groups in total. The molecule has 0 bridgehead atoms. The second kappa shape index (κ2) is 4.21. The summed E-state index contributed by atoms with van der Waals surface area (Å²) >= 11 is 4.97. The summed E-state index contributed by atoms with van der Waals surface area (Å²) in [5, 5.41) is 0. The zero-order valence-corrected chi connectivity index (χ0v) is 7.66. The first kappa shape index (κ1) is 9.35. The lowest BCUT2D eigenvalue weighted by Crippen LogP contribution is -2.15. The Kier molecular flexibility index (Phi) is 4.37. The zero-order valence-electron chi connectivity index (χ0n) is 6.85. The summed E-state index contributed by atoms with van der Waals surface area (Å²) in [6, 6.07) is 0. The molecule has 0 nitrogen and oxygen atoms in total. The van der Waals surface area contributed by atoms with Crippen molar-refractivity contribution >= 4 is 12.6 Å². The summed E-state index contributed by atoms with van der Waals surface area (Å²) in [5.41, 5.74) is 0. The zero-order chi connectivity index (χ0) is 7.44. The van der Waals surface area contributed by atoms with Crippen LogP contribution in [0, 0.1) is 17.8 Å². The average molecular weight is 145 g/mol. The molecule has 2 atom stereocenters. The van der Waals surface area contributed by atoms with Crippen molar-refractivity contribution in [1.29, 1.82) is 0 Å². The third kappa shape index (κ3) is 3.14. The standard InChI is InChI=1S/C8H17S/c1-6(2)8(4)7(3)5-9/h6-8H,5H2,1-4H3. The van der Waals surface area contributed by atoms with Crippen molar-refractivity contribution in [2.24, 2.45) is 17.8 Å². The van der Waals surface area contributed by atoms with E-state index < -0.39 is 0 Å². The molecular weight excluding hydrogens is 128 g/mol. The van der Waals surface area contributed by atoms with Crippen LogP contribution in [0.3, 0.4) is 0 Å². The minimum atomic E-state index is 0.708. The van der Waals surface area contributed by atoms with E-state index in [1.807, 2.05) is 0 Å². The third-order valence-corrected chi connectivity index (χ3v) is 2.74. The van der Waals surface area contributed by atoms with E-state index >= 15 is 0 Å². The molecule has 0 heterocycles. The van der Waals surface area contributed by atoms with E-state index in [1.54, 1.807) is 0 Å². The molecule has 2 unspecified atom stereocenters. The Morgan fingerprint density at radius 1 is 1.11 bits per heavy atom. The first-order valence-corrected chi connectivity index (χ1v) is 4.25. The molecule has 1 heteroatoms. The Labute approximate surface area is 64.4 Å². The third-order valence-electron chi connectivity index (χ3n) is 2.21. The predicted octanol–water partition coefficient (Wildman–Crippen LogP) is 3.11. The van der Waals surface area contributed by atoms with Gasteiger partial charge in [-0.2, -0.15) is 0 Å². The SMILES string of the molecule is CC(C)C(C)C(C)C[S]. The Morgan fingerprint density at radius 2 is 1.56 bits per heavy atom. The van der Waals surface area contributed by atoms with Crippen molar-refractivity contribution in [2.75, 3.05) is 5.75 Å². The fraction of sp³-hybridized carbons (Fsp3) is 1.00. The van der Waals surface area contributed by atoms with Crippen LogP contribution in [-0.4, -0.2) is 5.75 Å². The Morgan fingerprint density at radius 3 is 1.67 bits per heavy atom. The van der Waals surface area contributed by atoms with Gasteiger partial charge in [0, 0.05) is 5.75 Å². The maximum Gasteiger partial charge on any atom is 0.00653 e. The largest absolute Gasteiger partial charge is 0.0939 e. The van der Waals surface area contributed by atoms with Gasteiger partial charge in [0.15, 0.2) is 0 Å². The molecule has 0 saturated heterocycles. The van der Waals surface area contributed by atoms with Gasteiger partial charge in [0.25, 0.3) is 0 Å². The highest BCUT2D eigenvalue weighted by molar-refractivity contribution is 7.80. The Balaban J connectivity index is 3.58. The van der Waals surface area contributed by atoms with Gasteiger partial charge in [0.05, 0.1) is 0 Å². The number of rotatable bonds is 3. The van der Waals surface area contributed by atoms with Gasteiger partial charge in [-0.05, 0) is 17.8 Å². The van der Waals surface area contributed by atoms with Crippen LogP contribution in [-0.2, 0) is 0 Å². The van der Waals surface area contributed by atoms with Crippen molar-refractivity contribution < 1.29 is 0 Å². The second-order valence-corrected chi connectivity index (χ2v) is 3.58. The normalized spacial score (nSPS) is 18.0. The fourth-order valence-corrected chi connectivity index (χ4v) is 1.11. The molecule has 0 aromatic carbocycles. The average Bonchev–Trinajstić information content (AvgIpc) is 1.84. The summed E-state index contributed by atoms with van der Waals surface area (Å²) in [4.78, 5) is 0. The monoisotopic (exact) mass is 145 g/mol. The summed E-state index contributed by atoms with van der Waals surface area (Å²) in [5.74, 6) is 3.17. The molecule has 0 aromatic heterocycles. The highest BCUT2D eigenvalue weighted by atomic mass is 32.1. The van der Waals surface area contributed by atoms with Gasteiger partial charge in [-0.3, -0.25) is 0 Å². The van der Waals surface area contributed by atoms with E-state index in [9.17, 15) is 0 Å². The number of hydrogen-bond donors (Lipinski definition) is 0. The molecule has 0 amide bonds. The maximum absolute atomic E-state index is 4.97. The van der Waals surface area contributed by atoms with Crippen molar-refractivity contribution in [1.82, 2.24) is 0 Å². The molecule has 0 spiro atoms. The van der Waals surface area contributed by atoms with Crippen molar-refractivity contribution in [3.63, 3.8) is 0 Å². The first-order chi connectivity index (χ1) is 4.09. The van der Waals surface area contributed by atoms with Gasteiger partial charge in [-0.25, -0.2) is 0 Å². The van der Waals surface area contributed by atoms with Crippen LogP contribution >= 0.6 is 12.6 Å². The van der Waals surface area contributed by atoms with E-state index in [1.165, 1.54) is 0 Å². The smallest absolute Gasteiger partial charge is 0.00653 e. The molecule has 55 valence electrons. The molecule has 0 saturated carbocycles. The summed E-state index contributed by atoms with van der Waals surface area (Å²) in [6.07, 6.45) is 0. The van der Waals surface area contributed by atoms with E-state index in [0.717, 1.165) is 17.6 Å². The molecule has 0 rings (SSSR count). The minimum absolute atomic E-state index is 0.708. The lowest BCUT2D eigenvalue weighted by molar-refractivity contribution is 0.321. The highest BCUT2D eigenvalue weighted by Crippen LogP contribution is 2.20. The van der Waals surface area contributed by atoms with Gasteiger partial charge < -0.3 is 0 Å². The van der Waals surface area contributed by atoms with Crippen LogP contribution in [0.1, 0.15) is 27.7 Å². The van der Waals surface area contributed by atoms with E-state index in [0.29, 0.717) is 5.92 Å². The lowest BCUT2D eigenvalue weighted by atomic mass is 9.87. The first-order valence-electron chi connectivity index (χ1n) is 3.67. The molecule has 1 radical (unpaired) electrons. The summed E-state index contributed by atoms with van der Waals surface area (Å²) in [7, 11) is 0. The topological polar surface area (TPSA) is 0 Å². The van der Waals surface area contributed by atoms with Crippen LogP contribution in [0.2, 0.25) is 0 Å². The van der Waals surface area contributed by atoms with Crippen molar-refractivity contribution in [3.8, 4) is 0 Å². The van der Waals surface area contributed by atoms with E-state index in [4.69, 9.17) is 12.6 Å². The van der Waals surface area contributed by atoms with Gasteiger partial charge in [-0.15, -0.1) is 0 Å². The summed E-state index contributed by atoms with van der Waals surface area (Å²) in [6.45, 7) is 9.03. The van der Waals surface area contributed by atoms with Gasteiger partial charge >= 0.3 is 0 Å². The highest BCUT2D eigenvalue weighted by Gasteiger charge is 2.13. The predicted molar refractivity (Wildman–Crippen MR) is 45.6 cm³/mol. The van der Waals surface area contributed by atoms with Crippen molar-refractivity contribution in [3.05, 3.63) is 0 Å². The molecule has 9 heavy (non-hydrogen) atoms. The molecule has 0 aliphatic heterocycles. The second-order valence-electron chi connectivity index (χ2n) is 3.25. The Hall–Kier alpha value is 0.350. The van der Waals surface area contributed by atoms with Crippen LogP contribution in [0.4, 0.5) is 0 Å². The van der Waals surface area contributed by atoms with Gasteiger partial charge in [-0.1, -0.05) is 40.3 Å².